The second-order valence-corrected chi connectivity index (χ2v) is 23.8. The largest absolute Gasteiger partial charge is 0.462 e. The van der Waals surface area contributed by atoms with Gasteiger partial charge in [-0.05, 0) is 83.5 Å². The Hall–Kier alpha value is -2.63. The van der Waals surface area contributed by atoms with E-state index in [1.54, 1.807) is 0 Å². The number of carbonyl (C=O) groups excluding carboxylic acids is 3. The van der Waals surface area contributed by atoms with Crippen molar-refractivity contribution in [2.45, 2.75) is 386 Å². The van der Waals surface area contributed by atoms with Crippen molar-refractivity contribution in [1.82, 2.24) is 0 Å². The molecule has 0 heterocycles. The molecule has 0 aromatic rings. The van der Waals surface area contributed by atoms with Gasteiger partial charge in [0.25, 0.3) is 0 Å². The van der Waals surface area contributed by atoms with Crippen molar-refractivity contribution in [2.75, 3.05) is 13.2 Å². The van der Waals surface area contributed by atoms with E-state index in [1.807, 2.05) is 0 Å². The van der Waals surface area contributed by atoms with Crippen molar-refractivity contribution < 1.29 is 28.6 Å². The molecule has 0 N–H and O–H groups in total. The maximum absolute atomic E-state index is 12.9. The first-order valence-corrected chi connectivity index (χ1v) is 35.1. The van der Waals surface area contributed by atoms with Gasteiger partial charge in [0, 0.05) is 19.3 Å². The Morgan fingerprint density at radius 1 is 0.253 bits per heavy atom. The summed E-state index contributed by atoms with van der Waals surface area (Å²) in [4.78, 5) is 38.5. The van der Waals surface area contributed by atoms with Crippen molar-refractivity contribution in [1.29, 1.82) is 0 Å². The van der Waals surface area contributed by atoms with Crippen LogP contribution < -0.4 is 0 Å². The van der Waals surface area contributed by atoms with Crippen LogP contribution in [0.25, 0.3) is 0 Å². The number of hydrogen-bond donors (Lipinski definition) is 0. The summed E-state index contributed by atoms with van der Waals surface area (Å²) in [6.07, 6.45) is 85.5. The third-order valence-electron chi connectivity index (χ3n) is 15.8. The molecule has 0 aromatic heterocycles. The van der Waals surface area contributed by atoms with Crippen molar-refractivity contribution in [3.05, 3.63) is 48.6 Å². The molecule has 0 aliphatic heterocycles. The molecular formula is C73H134O6. The average Bonchev–Trinajstić information content (AvgIpc) is 3.45. The zero-order valence-electron chi connectivity index (χ0n) is 53.2. The van der Waals surface area contributed by atoms with Gasteiger partial charge < -0.3 is 14.2 Å². The van der Waals surface area contributed by atoms with E-state index in [9.17, 15) is 14.4 Å². The maximum atomic E-state index is 12.9. The van der Waals surface area contributed by atoms with E-state index < -0.39 is 6.10 Å². The molecule has 462 valence electrons. The fourth-order valence-electron chi connectivity index (χ4n) is 10.5. The molecule has 1 atom stereocenters. The van der Waals surface area contributed by atoms with Crippen LogP contribution in [0.4, 0.5) is 0 Å². The molecule has 6 heteroatoms. The number of ether oxygens (including phenoxy) is 3. The SMILES string of the molecule is CCCCCCC/C=C\C/C=C\C/C=C\CCCCCCCCCCCCC(=O)OCC(COC(=O)CCCCCCCCCCCCCCCCCCCC)OC(=O)CCCCCCCCC/C=C\CCCCCCCCC. The van der Waals surface area contributed by atoms with Crippen LogP contribution in [0, 0.1) is 0 Å². The van der Waals surface area contributed by atoms with E-state index in [2.05, 4.69) is 69.4 Å². The number of carbonyl (C=O) groups is 3. The van der Waals surface area contributed by atoms with Gasteiger partial charge in [-0.25, -0.2) is 0 Å². The molecule has 0 rings (SSSR count). The van der Waals surface area contributed by atoms with Gasteiger partial charge in [0.05, 0.1) is 0 Å². The van der Waals surface area contributed by atoms with E-state index in [0.29, 0.717) is 19.3 Å². The number of hydrogen-bond acceptors (Lipinski definition) is 6. The Bertz CT molecular complexity index is 1360. The van der Waals surface area contributed by atoms with Crippen LogP contribution in [-0.4, -0.2) is 37.2 Å². The molecule has 0 aromatic carbocycles. The van der Waals surface area contributed by atoms with Crippen molar-refractivity contribution in [3.63, 3.8) is 0 Å². The summed E-state index contributed by atoms with van der Waals surface area (Å²) < 4.78 is 17.0. The molecule has 79 heavy (non-hydrogen) atoms. The second-order valence-electron chi connectivity index (χ2n) is 23.8. The van der Waals surface area contributed by atoms with Crippen molar-refractivity contribution in [3.8, 4) is 0 Å². The van der Waals surface area contributed by atoms with E-state index in [-0.39, 0.29) is 31.1 Å². The summed E-state index contributed by atoms with van der Waals surface area (Å²) in [5.41, 5.74) is 0. The lowest BCUT2D eigenvalue weighted by Gasteiger charge is -2.18. The van der Waals surface area contributed by atoms with Gasteiger partial charge in [-0.1, -0.05) is 326 Å². The molecule has 0 fully saturated rings. The zero-order chi connectivity index (χ0) is 57.1. The first-order valence-electron chi connectivity index (χ1n) is 35.1. The molecule has 0 bridgehead atoms. The third kappa shape index (κ3) is 66.1. The normalized spacial score (nSPS) is 12.3. The lowest BCUT2D eigenvalue weighted by atomic mass is 10.0. The van der Waals surface area contributed by atoms with E-state index in [0.717, 1.165) is 70.6 Å². The number of rotatable bonds is 65. The molecular weight excluding hydrogens is 973 g/mol. The summed E-state index contributed by atoms with van der Waals surface area (Å²) in [5, 5.41) is 0. The van der Waals surface area contributed by atoms with Gasteiger partial charge in [0.1, 0.15) is 13.2 Å². The van der Waals surface area contributed by atoms with Gasteiger partial charge >= 0.3 is 17.9 Å². The standard InChI is InChI=1S/C73H134O6/c1-4-7-10-13-16-19-22-25-28-31-34-35-36-37-38-39-40-43-45-48-51-54-57-60-63-66-72(75)78-69-70(79-73(76)67-64-61-58-55-52-49-46-42-33-30-27-24-21-18-15-12-9-6-3)68-77-71(74)65-62-59-56-53-50-47-44-41-32-29-26-23-20-17-14-11-8-5-2/h22,25,30-31,33-34,36-37,70H,4-21,23-24,26-29,32,35,38-69H2,1-3H3/b25-22-,33-30-,34-31-,37-36-. The van der Waals surface area contributed by atoms with Gasteiger partial charge in [0.2, 0.25) is 0 Å². The van der Waals surface area contributed by atoms with Crippen LogP contribution in [0.3, 0.4) is 0 Å². The third-order valence-corrected chi connectivity index (χ3v) is 15.8. The maximum Gasteiger partial charge on any atom is 0.306 e. The minimum atomic E-state index is -0.777. The van der Waals surface area contributed by atoms with Crippen LogP contribution in [-0.2, 0) is 28.6 Å². The van der Waals surface area contributed by atoms with Crippen LogP contribution >= 0.6 is 0 Å². The smallest absolute Gasteiger partial charge is 0.306 e. The molecule has 0 amide bonds. The van der Waals surface area contributed by atoms with Crippen molar-refractivity contribution >= 4 is 17.9 Å². The lowest BCUT2D eigenvalue weighted by Crippen LogP contribution is -2.30. The van der Waals surface area contributed by atoms with Gasteiger partial charge in [-0.3, -0.25) is 14.4 Å². The minimum absolute atomic E-state index is 0.0715. The monoisotopic (exact) mass is 1110 g/mol. The Morgan fingerprint density at radius 2 is 0.456 bits per heavy atom. The summed E-state index contributed by atoms with van der Waals surface area (Å²) >= 11 is 0. The summed E-state index contributed by atoms with van der Waals surface area (Å²) in [5.74, 6) is -0.853. The van der Waals surface area contributed by atoms with Gasteiger partial charge in [0.15, 0.2) is 6.10 Å². The predicted molar refractivity (Wildman–Crippen MR) is 344 cm³/mol. The Morgan fingerprint density at radius 3 is 0.722 bits per heavy atom. The molecule has 0 aliphatic carbocycles. The van der Waals surface area contributed by atoms with Crippen LogP contribution in [0.15, 0.2) is 48.6 Å². The fourth-order valence-corrected chi connectivity index (χ4v) is 10.5. The van der Waals surface area contributed by atoms with E-state index in [4.69, 9.17) is 14.2 Å². The highest BCUT2D eigenvalue weighted by Crippen LogP contribution is 2.18. The highest BCUT2D eigenvalue weighted by molar-refractivity contribution is 5.71. The quantitative estimate of drug-likeness (QED) is 0.0261. The molecule has 0 aliphatic rings. The van der Waals surface area contributed by atoms with E-state index >= 15 is 0 Å². The Kier molecular flexibility index (Phi) is 65.6. The Balaban J connectivity index is 4.32. The summed E-state index contributed by atoms with van der Waals surface area (Å²) in [6, 6.07) is 0. The first-order chi connectivity index (χ1) is 39.0. The zero-order valence-corrected chi connectivity index (χ0v) is 53.2. The van der Waals surface area contributed by atoms with E-state index in [1.165, 1.54) is 270 Å². The van der Waals surface area contributed by atoms with Crippen molar-refractivity contribution in [2.24, 2.45) is 0 Å². The highest BCUT2D eigenvalue weighted by Gasteiger charge is 2.19. The molecule has 0 spiro atoms. The minimum Gasteiger partial charge on any atom is -0.462 e. The average molecular weight is 1110 g/mol. The molecule has 0 radical (unpaired) electrons. The molecule has 0 saturated heterocycles. The lowest BCUT2D eigenvalue weighted by molar-refractivity contribution is -0.167. The Labute approximate surface area is 492 Å². The highest BCUT2D eigenvalue weighted by atomic mass is 16.6. The number of allylic oxidation sites excluding steroid dienone is 8. The van der Waals surface area contributed by atoms with Crippen LogP contribution in [0.1, 0.15) is 380 Å². The molecule has 6 nitrogen and oxygen atoms in total. The van der Waals surface area contributed by atoms with Crippen LogP contribution in [0.2, 0.25) is 0 Å². The topological polar surface area (TPSA) is 78.9 Å². The number of unbranched alkanes of at least 4 members (excludes halogenated alkanes) is 46. The summed E-state index contributed by atoms with van der Waals surface area (Å²) in [7, 11) is 0. The number of esters is 3. The molecule has 0 saturated carbocycles. The van der Waals surface area contributed by atoms with Gasteiger partial charge in [-0.15, -0.1) is 0 Å². The van der Waals surface area contributed by atoms with Crippen LogP contribution in [0.5, 0.6) is 0 Å². The summed E-state index contributed by atoms with van der Waals surface area (Å²) in [6.45, 7) is 6.69. The second kappa shape index (κ2) is 67.9. The first kappa shape index (κ1) is 76.4. The fraction of sp³-hybridized carbons (Fsp3) is 0.849. The molecule has 1 unspecified atom stereocenters. The van der Waals surface area contributed by atoms with Gasteiger partial charge in [-0.2, -0.15) is 0 Å². The predicted octanol–water partition coefficient (Wildman–Crippen LogP) is 24.1.